The van der Waals surface area contributed by atoms with Gasteiger partial charge in [0.05, 0.1) is 11.2 Å². The smallest absolute Gasteiger partial charge is 0.0733 e. The molecule has 1 saturated heterocycles. The Balaban J connectivity index is 2.14. The fourth-order valence-corrected chi connectivity index (χ4v) is 2.98. The second-order valence-corrected chi connectivity index (χ2v) is 4.27. The average molecular weight is 136 g/mol. The molecule has 1 aliphatic rings. The minimum Gasteiger partial charge on any atom is -0.394 e. The van der Waals surface area contributed by atoms with Gasteiger partial charge in [-0.25, -0.2) is 0 Å². The van der Waals surface area contributed by atoms with Gasteiger partial charge in [-0.2, -0.15) is 0 Å². The van der Waals surface area contributed by atoms with Crippen LogP contribution in [-0.4, -0.2) is 27.8 Å². The van der Waals surface area contributed by atoms with E-state index in [1.165, 1.54) is 11.5 Å². The van der Waals surface area contributed by atoms with E-state index in [2.05, 4.69) is 0 Å². The van der Waals surface area contributed by atoms with Gasteiger partial charge in [0, 0.05) is 11.5 Å². The summed E-state index contributed by atoms with van der Waals surface area (Å²) in [5.74, 6) is 2.44. The van der Waals surface area contributed by atoms with E-state index in [1.807, 2.05) is 23.5 Å². The summed E-state index contributed by atoms with van der Waals surface area (Å²) in [6.45, 7) is 0.343. The molecule has 0 saturated carbocycles. The van der Waals surface area contributed by atoms with Gasteiger partial charge in [-0.05, 0) is 0 Å². The largest absolute Gasteiger partial charge is 0.394 e. The van der Waals surface area contributed by atoms with Gasteiger partial charge >= 0.3 is 0 Å². The summed E-state index contributed by atoms with van der Waals surface area (Å²) in [6.07, 6.45) is 0. The van der Waals surface area contributed by atoms with Gasteiger partial charge < -0.3 is 5.11 Å². The van der Waals surface area contributed by atoms with Crippen LogP contribution in [0.15, 0.2) is 0 Å². The predicted molar refractivity (Wildman–Crippen MR) is 35.8 cm³/mol. The normalized spacial score (nSPS) is 23.6. The first-order valence-corrected chi connectivity index (χ1v) is 4.37. The van der Waals surface area contributed by atoms with Crippen LogP contribution in [0, 0.1) is 0 Å². The third-order valence-corrected chi connectivity index (χ3v) is 3.84. The van der Waals surface area contributed by atoms with Crippen LogP contribution < -0.4 is 0 Å². The molecule has 3 heteroatoms. The van der Waals surface area contributed by atoms with Crippen LogP contribution in [-0.2, 0) is 0 Å². The molecular formula is C4H8OS2. The van der Waals surface area contributed by atoms with Crippen LogP contribution in [0.4, 0.5) is 0 Å². The fourth-order valence-electron chi connectivity index (χ4n) is 0.513. The molecule has 0 atom stereocenters. The number of aliphatic hydroxyl groups is 1. The SMILES string of the molecule is OCC1SCCS1. The third-order valence-electron chi connectivity index (χ3n) is 0.840. The zero-order valence-corrected chi connectivity index (χ0v) is 5.60. The molecule has 0 bridgehead atoms. The van der Waals surface area contributed by atoms with E-state index in [4.69, 9.17) is 5.11 Å². The van der Waals surface area contributed by atoms with Gasteiger partial charge in [0.2, 0.25) is 0 Å². The van der Waals surface area contributed by atoms with Crippen molar-refractivity contribution in [1.29, 1.82) is 0 Å². The first-order chi connectivity index (χ1) is 3.43. The maximum atomic E-state index is 8.52. The maximum absolute atomic E-state index is 8.52. The molecule has 0 aromatic carbocycles. The first kappa shape index (κ1) is 5.79. The van der Waals surface area contributed by atoms with Crippen LogP contribution >= 0.6 is 23.5 Å². The highest BCUT2D eigenvalue weighted by Gasteiger charge is 2.13. The van der Waals surface area contributed by atoms with Crippen LogP contribution in [0.3, 0.4) is 0 Å². The van der Waals surface area contributed by atoms with Crippen molar-refractivity contribution in [2.24, 2.45) is 0 Å². The molecule has 42 valence electrons. The molecule has 1 nitrogen and oxygen atoms in total. The molecule has 0 unspecified atom stereocenters. The van der Waals surface area contributed by atoms with E-state index in [-0.39, 0.29) is 0 Å². The van der Waals surface area contributed by atoms with Crippen LogP contribution in [0.25, 0.3) is 0 Å². The van der Waals surface area contributed by atoms with Crippen LogP contribution in [0.1, 0.15) is 0 Å². The van der Waals surface area contributed by atoms with Gasteiger partial charge in [0.1, 0.15) is 0 Å². The van der Waals surface area contributed by atoms with Crippen LogP contribution in [0.5, 0.6) is 0 Å². The van der Waals surface area contributed by atoms with Crippen molar-refractivity contribution >= 4 is 23.5 Å². The van der Waals surface area contributed by atoms with E-state index in [1.54, 1.807) is 0 Å². The van der Waals surface area contributed by atoms with Gasteiger partial charge in [-0.15, -0.1) is 23.5 Å². The molecule has 0 radical (unpaired) electrons. The highest BCUT2D eigenvalue weighted by Crippen LogP contribution is 2.30. The number of rotatable bonds is 1. The summed E-state index contributed by atoms with van der Waals surface area (Å²) in [7, 11) is 0. The standard InChI is InChI=1S/C4H8OS2/c5-3-4-6-1-2-7-4/h4-5H,1-3H2. The topological polar surface area (TPSA) is 20.2 Å². The lowest BCUT2D eigenvalue weighted by Crippen LogP contribution is -1.96. The molecule has 0 aromatic heterocycles. The zero-order valence-electron chi connectivity index (χ0n) is 3.96. The molecule has 1 rings (SSSR count). The molecule has 1 N–H and O–H groups in total. The summed E-state index contributed by atoms with van der Waals surface area (Å²) in [5, 5.41) is 8.52. The van der Waals surface area contributed by atoms with E-state index in [0.717, 1.165) is 0 Å². The molecule has 0 aliphatic carbocycles. The molecule has 0 amide bonds. The molecular weight excluding hydrogens is 128 g/mol. The Labute approximate surface area is 51.9 Å². The minimum atomic E-state index is 0.343. The predicted octanol–water partition coefficient (Wildman–Crippen LogP) is 0.785. The summed E-state index contributed by atoms with van der Waals surface area (Å²) in [4.78, 5) is 0. The first-order valence-electron chi connectivity index (χ1n) is 2.27. The Morgan fingerprint density at radius 3 is 2.29 bits per heavy atom. The Hall–Kier alpha value is 0.660. The number of hydrogen-bond donors (Lipinski definition) is 1. The zero-order chi connectivity index (χ0) is 5.11. The van der Waals surface area contributed by atoms with E-state index in [0.29, 0.717) is 11.2 Å². The van der Waals surface area contributed by atoms with E-state index < -0.39 is 0 Å². The number of hydrogen-bond acceptors (Lipinski definition) is 3. The van der Waals surface area contributed by atoms with Gasteiger partial charge in [-0.1, -0.05) is 0 Å². The second-order valence-electron chi connectivity index (χ2n) is 1.35. The lowest BCUT2D eigenvalue weighted by molar-refractivity contribution is 0.316. The van der Waals surface area contributed by atoms with E-state index in [9.17, 15) is 0 Å². The van der Waals surface area contributed by atoms with Crippen LogP contribution in [0.2, 0.25) is 0 Å². The Bertz CT molecular complexity index is 51.7. The van der Waals surface area contributed by atoms with Gasteiger partial charge in [0.25, 0.3) is 0 Å². The number of thioether (sulfide) groups is 2. The summed E-state index contributed by atoms with van der Waals surface area (Å²) in [6, 6.07) is 0. The number of aliphatic hydroxyl groups excluding tert-OH is 1. The Kier molecular flexibility index (Phi) is 2.35. The van der Waals surface area contributed by atoms with Crippen molar-refractivity contribution in [3.05, 3.63) is 0 Å². The van der Waals surface area contributed by atoms with Crippen molar-refractivity contribution in [3.8, 4) is 0 Å². The minimum absolute atomic E-state index is 0.343. The maximum Gasteiger partial charge on any atom is 0.0733 e. The Morgan fingerprint density at radius 2 is 2.00 bits per heavy atom. The second kappa shape index (κ2) is 2.84. The third kappa shape index (κ3) is 1.55. The highest BCUT2D eigenvalue weighted by molar-refractivity contribution is 8.20. The summed E-state index contributed by atoms with van der Waals surface area (Å²) in [5.41, 5.74) is 0. The highest BCUT2D eigenvalue weighted by atomic mass is 32.2. The fraction of sp³-hybridized carbons (Fsp3) is 1.00. The lowest BCUT2D eigenvalue weighted by atomic mass is 10.9. The Morgan fingerprint density at radius 1 is 1.43 bits per heavy atom. The molecule has 0 spiro atoms. The monoisotopic (exact) mass is 136 g/mol. The lowest BCUT2D eigenvalue weighted by Gasteiger charge is -1.97. The molecule has 1 aliphatic heterocycles. The molecule has 1 heterocycles. The average Bonchev–Trinajstić information content (AvgIpc) is 2.14. The van der Waals surface area contributed by atoms with Crippen molar-refractivity contribution in [1.82, 2.24) is 0 Å². The van der Waals surface area contributed by atoms with Crippen molar-refractivity contribution in [2.75, 3.05) is 18.1 Å². The summed E-state index contributed by atoms with van der Waals surface area (Å²) < 4.78 is 0.486. The molecule has 1 fully saturated rings. The van der Waals surface area contributed by atoms with Crippen molar-refractivity contribution < 1.29 is 5.11 Å². The van der Waals surface area contributed by atoms with E-state index >= 15 is 0 Å². The quantitative estimate of drug-likeness (QED) is 0.575. The molecule has 7 heavy (non-hydrogen) atoms. The summed E-state index contributed by atoms with van der Waals surface area (Å²) >= 11 is 3.71. The van der Waals surface area contributed by atoms with Crippen molar-refractivity contribution in [2.45, 2.75) is 4.58 Å². The van der Waals surface area contributed by atoms with Crippen molar-refractivity contribution in [3.63, 3.8) is 0 Å². The van der Waals surface area contributed by atoms with Gasteiger partial charge in [-0.3, -0.25) is 0 Å². The van der Waals surface area contributed by atoms with Gasteiger partial charge in [0.15, 0.2) is 0 Å². The molecule has 0 aromatic rings.